The van der Waals surface area contributed by atoms with Crippen LogP contribution in [0.1, 0.15) is 12.8 Å². The van der Waals surface area contributed by atoms with Gasteiger partial charge in [0, 0.05) is 18.7 Å². The van der Waals surface area contributed by atoms with Crippen LogP contribution < -0.4 is 11.3 Å². The van der Waals surface area contributed by atoms with Crippen molar-refractivity contribution in [2.24, 2.45) is 5.84 Å². The van der Waals surface area contributed by atoms with Crippen molar-refractivity contribution in [2.75, 3.05) is 32.1 Å². The predicted molar refractivity (Wildman–Crippen MR) is 57.4 cm³/mol. The number of nitrogens with two attached hydrogens (primary N) is 1. The summed E-state index contributed by atoms with van der Waals surface area (Å²) in [6.45, 7) is 2.03. The number of hydrazine groups is 1. The molecule has 0 aliphatic carbocycles. The molecule has 0 aromatic rings. The van der Waals surface area contributed by atoms with Crippen molar-refractivity contribution in [3.63, 3.8) is 0 Å². The molecular weight excluding hydrogens is 186 g/mol. The summed E-state index contributed by atoms with van der Waals surface area (Å²) in [6.07, 6.45) is 3.48. The zero-order valence-electron chi connectivity index (χ0n) is 8.38. The number of amides is 1. The van der Waals surface area contributed by atoms with E-state index in [4.69, 9.17) is 5.84 Å². The van der Waals surface area contributed by atoms with E-state index in [2.05, 4.69) is 23.6 Å². The first kappa shape index (κ1) is 12.7. The van der Waals surface area contributed by atoms with E-state index < -0.39 is 0 Å². The lowest BCUT2D eigenvalue weighted by Crippen LogP contribution is -2.31. The molecule has 0 bridgehead atoms. The molecule has 0 rings (SSSR count). The van der Waals surface area contributed by atoms with Gasteiger partial charge in [-0.15, -0.1) is 0 Å². The Labute approximate surface area is 84.2 Å². The zero-order valence-corrected chi connectivity index (χ0v) is 9.19. The highest BCUT2D eigenvalue weighted by molar-refractivity contribution is 7.98. The van der Waals surface area contributed by atoms with E-state index in [0.717, 1.165) is 25.3 Å². The van der Waals surface area contributed by atoms with E-state index in [9.17, 15) is 4.79 Å². The molecule has 0 aliphatic heterocycles. The Hall–Kier alpha value is -0.260. The molecule has 0 unspecified atom stereocenters. The van der Waals surface area contributed by atoms with Gasteiger partial charge in [0.15, 0.2) is 0 Å². The first-order valence-electron chi connectivity index (χ1n) is 4.37. The Bertz CT molecular complexity index is 143. The number of hydrogen-bond acceptors (Lipinski definition) is 4. The van der Waals surface area contributed by atoms with Gasteiger partial charge in [0.05, 0.1) is 0 Å². The number of rotatable bonds is 7. The van der Waals surface area contributed by atoms with E-state index in [1.54, 1.807) is 0 Å². The van der Waals surface area contributed by atoms with Gasteiger partial charge < -0.3 is 4.90 Å². The van der Waals surface area contributed by atoms with Crippen molar-refractivity contribution < 1.29 is 4.79 Å². The van der Waals surface area contributed by atoms with Gasteiger partial charge in [-0.25, -0.2) is 5.84 Å². The molecule has 0 aromatic heterocycles. The number of thioether (sulfide) groups is 1. The maximum absolute atomic E-state index is 10.7. The van der Waals surface area contributed by atoms with Gasteiger partial charge in [0.1, 0.15) is 0 Å². The number of carbonyl (C=O) groups is 1. The van der Waals surface area contributed by atoms with Crippen LogP contribution in [0, 0.1) is 0 Å². The molecule has 0 saturated carbocycles. The van der Waals surface area contributed by atoms with Crippen LogP contribution in [0.3, 0.4) is 0 Å². The van der Waals surface area contributed by atoms with Gasteiger partial charge in [0.25, 0.3) is 0 Å². The van der Waals surface area contributed by atoms with Crippen LogP contribution >= 0.6 is 11.8 Å². The summed E-state index contributed by atoms with van der Waals surface area (Å²) >= 11 is 1.83. The second kappa shape index (κ2) is 8.34. The smallest absolute Gasteiger partial charge is 0.233 e. The van der Waals surface area contributed by atoms with Gasteiger partial charge in [0.2, 0.25) is 5.91 Å². The summed E-state index contributed by atoms with van der Waals surface area (Å²) in [5.41, 5.74) is 2.12. The summed E-state index contributed by atoms with van der Waals surface area (Å²) in [5, 5.41) is 0. The normalized spacial score (nSPS) is 10.5. The first-order chi connectivity index (χ1) is 6.20. The van der Waals surface area contributed by atoms with Gasteiger partial charge >= 0.3 is 0 Å². The summed E-state index contributed by atoms with van der Waals surface area (Å²) in [4.78, 5) is 13.0. The molecule has 4 nitrogen and oxygen atoms in total. The third-order valence-corrected chi connectivity index (χ3v) is 2.37. The second-order valence-electron chi connectivity index (χ2n) is 2.97. The molecular formula is C8H19N3OS. The molecule has 0 spiro atoms. The average molecular weight is 205 g/mol. The molecule has 78 valence electrons. The van der Waals surface area contributed by atoms with E-state index in [0.29, 0.717) is 6.42 Å². The molecule has 3 N–H and O–H groups in total. The van der Waals surface area contributed by atoms with E-state index in [1.165, 1.54) is 0 Å². The second-order valence-corrected chi connectivity index (χ2v) is 3.95. The van der Waals surface area contributed by atoms with Crippen molar-refractivity contribution >= 4 is 17.7 Å². The summed E-state index contributed by atoms with van der Waals surface area (Å²) in [6, 6.07) is 0. The predicted octanol–water partition coefficient (Wildman–Crippen LogP) is 0.0513. The maximum atomic E-state index is 10.7. The van der Waals surface area contributed by atoms with Crippen molar-refractivity contribution in [3.05, 3.63) is 0 Å². The Morgan fingerprint density at radius 3 is 2.77 bits per heavy atom. The molecule has 0 radical (unpaired) electrons. The highest BCUT2D eigenvalue weighted by atomic mass is 32.2. The Morgan fingerprint density at radius 2 is 2.23 bits per heavy atom. The average Bonchev–Trinajstić information content (AvgIpc) is 2.14. The van der Waals surface area contributed by atoms with E-state index in [-0.39, 0.29) is 5.91 Å². The fraction of sp³-hybridized carbons (Fsp3) is 0.875. The number of hydrogen-bond donors (Lipinski definition) is 2. The number of nitrogens with one attached hydrogen (secondary N) is 1. The van der Waals surface area contributed by atoms with Crippen LogP contribution in [0.4, 0.5) is 0 Å². The van der Waals surface area contributed by atoms with Gasteiger partial charge in [-0.1, -0.05) is 0 Å². The fourth-order valence-electron chi connectivity index (χ4n) is 0.941. The van der Waals surface area contributed by atoms with Gasteiger partial charge in [-0.05, 0) is 26.3 Å². The Kier molecular flexibility index (Phi) is 8.18. The third-order valence-electron chi connectivity index (χ3n) is 1.78. The van der Waals surface area contributed by atoms with Crippen LogP contribution in [-0.2, 0) is 4.79 Å². The summed E-state index contributed by atoms with van der Waals surface area (Å²) in [7, 11) is 2.07. The Morgan fingerprint density at radius 1 is 1.54 bits per heavy atom. The molecule has 1 amide bonds. The fourth-order valence-corrected chi connectivity index (χ4v) is 1.43. The van der Waals surface area contributed by atoms with Gasteiger partial charge in [-0.2, -0.15) is 11.8 Å². The van der Waals surface area contributed by atoms with Crippen LogP contribution in [0.5, 0.6) is 0 Å². The minimum Gasteiger partial charge on any atom is -0.306 e. The van der Waals surface area contributed by atoms with Gasteiger partial charge in [-0.3, -0.25) is 10.2 Å². The first-order valence-corrected chi connectivity index (χ1v) is 5.77. The molecule has 0 aliphatic rings. The van der Waals surface area contributed by atoms with Crippen LogP contribution in [0.25, 0.3) is 0 Å². The standard InChI is InChI=1S/C8H19N3OS/c1-11(6-7-13-2)5-3-4-8(12)10-9/h3-7,9H2,1-2H3,(H,10,12). The molecule has 0 heterocycles. The minimum absolute atomic E-state index is 0.0849. The topological polar surface area (TPSA) is 58.4 Å². The lowest BCUT2D eigenvalue weighted by Gasteiger charge is -2.14. The van der Waals surface area contributed by atoms with E-state index in [1.807, 2.05) is 11.8 Å². The quantitative estimate of drug-likeness (QED) is 0.350. The zero-order chi connectivity index (χ0) is 10.1. The Balaban J connectivity index is 3.26. The SMILES string of the molecule is CSCCN(C)CCCC(=O)NN. The molecule has 0 atom stereocenters. The number of carbonyl (C=O) groups excluding carboxylic acids is 1. The monoisotopic (exact) mass is 205 g/mol. The highest BCUT2D eigenvalue weighted by Crippen LogP contribution is 1.96. The highest BCUT2D eigenvalue weighted by Gasteiger charge is 2.00. The molecule has 5 heteroatoms. The molecule has 0 saturated heterocycles. The summed E-state index contributed by atoms with van der Waals surface area (Å²) < 4.78 is 0. The molecule has 0 aromatic carbocycles. The molecule has 0 fully saturated rings. The number of nitrogens with zero attached hydrogens (tertiary/aromatic N) is 1. The van der Waals surface area contributed by atoms with E-state index >= 15 is 0 Å². The maximum Gasteiger partial charge on any atom is 0.233 e. The molecule has 13 heavy (non-hydrogen) atoms. The van der Waals surface area contributed by atoms with Crippen LogP contribution in [0.2, 0.25) is 0 Å². The van der Waals surface area contributed by atoms with Crippen LogP contribution in [0.15, 0.2) is 0 Å². The van der Waals surface area contributed by atoms with Crippen molar-refractivity contribution in [1.29, 1.82) is 0 Å². The largest absolute Gasteiger partial charge is 0.306 e. The lowest BCUT2D eigenvalue weighted by atomic mass is 10.3. The minimum atomic E-state index is -0.0849. The van der Waals surface area contributed by atoms with Crippen LogP contribution in [-0.4, -0.2) is 43.0 Å². The van der Waals surface area contributed by atoms with Crippen molar-refractivity contribution in [3.8, 4) is 0 Å². The lowest BCUT2D eigenvalue weighted by molar-refractivity contribution is -0.121. The van der Waals surface area contributed by atoms with Crippen molar-refractivity contribution in [1.82, 2.24) is 10.3 Å². The summed E-state index contributed by atoms with van der Waals surface area (Å²) in [5.74, 6) is 6.01. The van der Waals surface area contributed by atoms with Crippen molar-refractivity contribution in [2.45, 2.75) is 12.8 Å². The third kappa shape index (κ3) is 8.08.